The van der Waals surface area contributed by atoms with Crippen LogP contribution in [-0.2, 0) is 9.53 Å². The summed E-state index contributed by atoms with van der Waals surface area (Å²) in [6.45, 7) is 8.06. The fraction of sp³-hybridized carbons (Fsp3) is 0.517. The first-order valence-electron chi connectivity index (χ1n) is 13.6. The zero-order chi connectivity index (χ0) is 28.1. The molecule has 0 spiro atoms. The molecule has 1 aliphatic heterocycles. The number of carbonyl (C=O) groups excluding carboxylic acids is 2. The molecule has 0 unspecified atom stereocenters. The number of likely N-dealkylation sites (N-methyl/N-ethyl adjacent to an activating group) is 1. The van der Waals surface area contributed by atoms with Gasteiger partial charge < -0.3 is 14.4 Å². The Morgan fingerprint density at radius 1 is 1.23 bits per heavy atom. The van der Waals surface area contributed by atoms with Gasteiger partial charge in [-0.1, -0.05) is 19.4 Å². The van der Waals surface area contributed by atoms with Crippen LogP contribution in [0, 0.1) is 6.92 Å². The number of nitrogens with one attached hydrogen (secondary N) is 1. The predicted molar refractivity (Wildman–Crippen MR) is 151 cm³/mol. The van der Waals surface area contributed by atoms with Crippen molar-refractivity contribution < 1.29 is 19.1 Å². The molecule has 210 valence electrons. The molecule has 0 aliphatic carbocycles. The van der Waals surface area contributed by atoms with E-state index in [4.69, 9.17) is 14.5 Å². The topological polar surface area (TPSA) is 101 Å². The van der Waals surface area contributed by atoms with E-state index in [1.165, 1.54) is 0 Å². The summed E-state index contributed by atoms with van der Waals surface area (Å²) < 4.78 is 13.2. The Hall–Kier alpha value is -3.66. The third-order valence-corrected chi connectivity index (χ3v) is 7.29. The van der Waals surface area contributed by atoms with Crippen molar-refractivity contribution in [3.05, 3.63) is 42.1 Å². The van der Waals surface area contributed by atoms with Crippen LogP contribution in [0.3, 0.4) is 0 Å². The van der Waals surface area contributed by atoms with E-state index in [1.807, 2.05) is 38.2 Å². The van der Waals surface area contributed by atoms with E-state index in [1.54, 1.807) is 32.3 Å². The van der Waals surface area contributed by atoms with Crippen LogP contribution in [-0.4, -0.2) is 83.1 Å². The Bertz CT molecular complexity index is 1310. The summed E-state index contributed by atoms with van der Waals surface area (Å²) in [5, 5.41) is 2.80. The van der Waals surface area contributed by atoms with Gasteiger partial charge in [0.05, 0.1) is 36.2 Å². The largest absolute Gasteiger partial charge is 0.495 e. The Morgan fingerprint density at radius 3 is 2.64 bits per heavy atom. The number of ether oxygens (including phenoxy) is 2. The molecule has 2 amide bonds. The van der Waals surface area contributed by atoms with Crippen molar-refractivity contribution in [2.75, 3.05) is 46.2 Å². The third-order valence-electron chi connectivity index (χ3n) is 7.29. The standard InChI is InChI=1S/C29H40N6O4/c1-7-8-19(2)39-29(37)31-23-10-9-22(17-24(23)38-6)26-27-20(3)30-13-16-35(27)28(32-26)21-11-14-34(15-12-21)18-25(36)33(4)5/h9-10,13,16-17,19,21H,7-8,11-12,14-15,18H2,1-6H3,(H,31,37)/t19-/m0/s1. The van der Waals surface area contributed by atoms with Crippen LogP contribution in [0.15, 0.2) is 30.6 Å². The molecule has 3 heterocycles. The number of fused-ring (bicyclic) bond motifs is 1. The number of carbonyl (C=O) groups is 2. The number of benzene rings is 1. The van der Waals surface area contributed by atoms with Crippen LogP contribution in [0.25, 0.3) is 16.8 Å². The lowest BCUT2D eigenvalue weighted by Crippen LogP contribution is -2.40. The third kappa shape index (κ3) is 6.50. The molecule has 0 bridgehead atoms. The number of rotatable bonds is 9. The fourth-order valence-electron chi connectivity index (χ4n) is 5.12. The fourth-order valence-corrected chi connectivity index (χ4v) is 5.12. The number of aromatic nitrogens is 3. The maximum atomic E-state index is 12.4. The smallest absolute Gasteiger partial charge is 0.412 e. The van der Waals surface area contributed by atoms with E-state index < -0.39 is 6.09 Å². The van der Waals surface area contributed by atoms with Gasteiger partial charge in [-0.2, -0.15) is 0 Å². The monoisotopic (exact) mass is 536 g/mol. The molecular weight excluding hydrogens is 496 g/mol. The number of imidazole rings is 1. The van der Waals surface area contributed by atoms with Gasteiger partial charge in [-0.15, -0.1) is 0 Å². The van der Waals surface area contributed by atoms with Gasteiger partial charge in [0.25, 0.3) is 0 Å². The lowest BCUT2D eigenvalue weighted by Gasteiger charge is -2.31. The first kappa shape index (κ1) is 28.4. The SMILES string of the molecule is CCC[C@H](C)OC(=O)Nc1ccc(-c2nc(C3CCN(CC(=O)N(C)C)CC3)n3ccnc(C)c23)cc1OC. The number of methoxy groups -OCH3 is 1. The normalized spacial score (nSPS) is 15.2. The Balaban J connectivity index is 1.59. The molecule has 1 saturated heterocycles. The van der Waals surface area contributed by atoms with Crippen LogP contribution in [0.1, 0.15) is 57.0 Å². The molecule has 1 aliphatic rings. The average Bonchev–Trinajstić information content (AvgIpc) is 3.30. The van der Waals surface area contributed by atoms with E-state index in [2.05, 4.69) is 26.5 Å². The molecule has 10 nitrogen and oxygen atoms in total. The quantitative estimate of drug-likeness (QED) is 0.422. The molecule has 39 heavy (non-hydrogen) atoms. The van der Waals surface area contributed by atoms with Crippen LogP contribution in [0.2, 0.25) is 0 Å². The molecular formula is C29H40N6O4. The highest BCUT2D eigenvalue weighted by Gasteiger charge is 2.27. The molecule has 1 fully saturated rings. The van der Waals surface area contributed by atoms with Crippen LogP contribution >= 0.6 is 0 Å². The predicted octanol–water partition coefficient (Wildman–Crippen LogP) is 4.72. The molecule has 4 rings (SSSR count). The summed E-state index contributed by atoms with van der Waals surface area (Å²) in [5.74, 6) is 1.91. The van der Waals surface area contributed by atoms with Crippen molar-refractivity contribution >= 4 is 23.2 Å². The number of likely N-dealkylation sites (tertiary alicyclic amines) is 1. The molecule has 0 radical (unpaired) electrons. The molecule has 10 heteroatoms. The van der Waals surface area contributed by atoms with Crippen LogP contribution < -0.4 is 10.1 Å². The summed E-state index contributed by atoms with van der Waals surface area (Å²) in [6, 6.07) is 5.64. The van der Waals surface area contributed by atoms with E-state index in [9.17, 15) is 9.59 Å². The van der Waals surface area contributed by atoms with Crippen molar-refractivity contribution in [1.29, 1.82) is 0 Å². The molecule has 1 atom stereocenters. The highest BCUT2D eigenvalue weighted by atomic mass is 16.6. The maximum absolute atomic E-state index is 12.4. The highest BCUT2D eigenvalue weighted by molar-refractivity contribution is 5.89. The van der Waals surface area contributed by atoms with Crippen LogP contribution in [0.4, 0.5) is 10.5 Å². The van der Waals surface area contributed by atoms with Gasteiger partial charge in [-0.25, -0.2) is 9.78 Å². The Labute approximate surface area is 230 Å². The van der Waals surface area contributed by atoms with Gasteiger partial charge >= 0.3 is 6.09 Å². The average molecular weight is 537 g/mol. The van der Waals surface area contributed by atoms with Crippen molar-refractivity contribution in [2.45, 2.75) is 58.5 Å². The number of amides is 2. The molecule has 1 N–H and O–H groups in total. The zero-order valence-electron chi connectivity index (χ0n) is 23.9. The summed E-state index contributed by atoms with van der Waals surface area (Å²) in [6.07, 6.45) is 6.70. The highest BCUT2D eigenvalue weighted by Crippen LogP contribution is 2.36. The summed E-state index contributed by atoms with van der Waals surface area (Å²) in [4.78, 5) is 38.1. The first-order chi connectivity index (χ1) is 18.7. The second kappa shape index (κ2) is 12.5. The van der Waals surface area contributed by atoms with Gasteiger partial charge in [0.2, 0.25) is 5.91 Å². The minimum Gasteiger partial charge on any atom is -0.495 e. The lowest BCUT2D eigenvalue weighted by atomic mass is 9.96. The van der Waals surface area contributed by atoms with Gasteiger partial charge in [-0.05, 0) is 58.3 Å². The molecule has 2 aromatic heterocycles. The van der Waals surface area contributed by atoms with Crippen molar-refractivity contribution in [1.82, 2.24) is 24.2 Å². The van der Waals surface area contributed by atoms with Crippen molar-refractivity contribution in [3.63, 3.8) is 0 Å². The van der Waals surface area contributed by atoms with E-state index in [0.717, 1.165) is 67.1 Å². The summed E-state index contributed by atoms with van der Waals surface area (Å²) in [7, 11) is 5.16. The second-order valence-electron chi connectivity index (χ2n) is 10.4. The first-order valence-corrected chi connectivity index (χ1v) is 13.6. The molecule has 0 saturated carbocycles. The number of anilines is 1. The van der Waals surface area contributed by atoms with E-state index >= 15 is 0 Å². The number of hydrogen-bond donors (Lipinski definition) is 1. The Morgan fingerprint density at radius 2 is 1.97 bits per heavy atom. The van der Waals surface area contributed by atoms with E-state index in [-0.39, 0.29) is 17.9 Å². The van der Waals surface area contributed by atoms with Gasteiger partial charge in [0.15, 0.2) is 0 Å². The Kier molecular flexibility index (Phi) is 9.06. The minimum atomic E-state index is -0.504. The van der Waals surface area contributed by atoms with Gasteiger partial charge in [0, 0.05) is 38.0 Å². The van der Waals surface area contributed by atoms with Gasteiger partial charge in [0.1, 0.15) is 17.7 Å². The molecule has 3 aromatic rings. The summed E-state index contributed by atoms with van der Waals surface area (Å²) >= 11 is 0. The number of aryl methyl sites for hydroxylation is 1. The molecule has 1 aromatic carbocycles. The van der Waals surface area contributed by atoms with Crippen molar-refractivity contribution in [3.8, 4) is 17.0 Å². The van der Waals surface area contributed by atoms with Crippen molar-refractivity contribution in [2.24, 2.45) is 0 Å². The minimum absolute atomic E-state index is 0.124. The van der Waals surface area contributed by atoms with Crippen LogP contribution in [0.5, 0.6) is 5.75 Å². The number of hydrogen-bond acceptors (Lipinski definition) is 7. The number of piperidine rings is 1. The second-order valence-corrected chi connectivity index (χ2v) is 10.4. The summed E-state index contributed by atoms with van der Waals surface area (Å²) in [5.41, 5.74) is 4.07. The lowest BCUT2D eigenvalue weighted by molar-refractivity contribution is -0.130. The maximum Gasteiger partial charge on any atom is 0.412 e. The van der Waals surface area contributed by atoms with Gasteiger partial charge in [-0.3, -0.25) is 24.4 Å². The zero-order valence-corrected chi connectivity index (χ0v) is 23.9. The van der Waals surface area contributed by atoms with E-state index in [0.29, 0.717) is 18.0 Å². The number of nitrogens with zero attached hydrogens (tertiary/aromatic N) is 5.